The number of rotatable bonds is 2. The number of nitriles is 1. The van der Waals surface area contributed by atoms with Crippen molar-refractivity contribution < 1.29 is 23.0 Å². The summed E-state index contributed by atoms with van der Waals surface area (Å²) in [6.07, 6.45) is -4.04. The largest absolute Gasteiger partial charge is 0.574 e. The van der Waals surface area contributed by atoms with E-state index in [1.807, 2.05) is 0 Å². The van der Waals surface area contributed by atoms with Gasteiger partial charge in [-0.1, -0.05) is 0 Å². The van der Waals surface area contributed by atoms with Crippen LogP contribution >= 0.6 is 0 Å². The summed E-state index contributed by atoms with van der Waals surface area (Å²) in [5, 5.41) is 17.4. The number of ether oxygens (including phenoxy) is 1. The second-order valence-electron chi connectivity index (χ2n) is 2.69. The smallest absolute Gasteiger partial charge is 0.393 e. The van der Waals surface area contributed by atoms with E-state index in [9.17, 15) is 13.2 Å². The van der Waals surface area contributed by atoms with Gasteiger partial charge in [0.2, 0.25) is 5.88 Å². The summed E-state index contributed by atoms with van der Waals surface area (Å²) in [5.41, 5.74) is 4.46. The summed E-state index contributed by atoms with van der Waals surface area (Å²) < 4.78 is 39.2. The number of hydrogen-bond acceptors (Lipinski definition) is 5. The molecule has 1 rings (SSSR count). The SMILES string of the molecule is N#Cc1c(CO)cnc(OC(F)(F)F)c1N. The van der Waals surface area contributed by atoms with Crippen LogP contribution in [0, 0.1) is 11.3 Å². The molecule has 16 heavy (non-hydrogen) atoms. The first-order valence-corrected chi connectivity index (χ1v) is 3.93. The maximum Gasteiger partial charge on any atom is 0.574 e. The van der Waals surface area contributed by atoms with Gasteiger partial charge in [-0.15, -0.1) is 13.2 Å². The molecule has 0 aliphatic carbocycles. The molecule has 0 radical (unpaired) electrons. The molecule has 0 atom stereocenters. The molecule has 0 unspecified atom stereocenters. The topological polar surface area (TPSA) is 92.2 Å². The Balaban J connectivity index is 3.21. The molecule has 0 bridgehead atoms. The molecule has 0 fully saturated rings. The monoisotopic (exact) mass is 233 g/mol. The number of pyridine rings is 1. The Bertz CT molecular complexity index is 439. The Hall–Kier alpha value is -2.01. The van der Waals surface area contributed by atoms with Gasteiger partial charge in [0.25, 0.3) is 0 Å². The van der Waals surface area contributed by atoms with Gasteiger partial charge < -0.3 is 15.6 Å². The summed E-state index contributed by atoms with van der Waals surface area (Å²) in [6, 6.07) is 1.57. The van der Waals surface area contributed by atoms with Crippen molar-refractivity contribution in [3.05, 3.63) is 17.3 Å². The van der Waals surface area contributed by atoms with E-state index in [-0.39, 0.29) is 11.1 Å². The van der Waals surface area contributed by atoms with Crippen molar-refractivity contribution in [1.29, 1.82) is 5.26 Å². The van der Waals surface area contributed by atoms with Crippen LogP contribution < -0.4 is 10.5 Å². The second kappa shape index (κ2) is 4.24. The van der Waals surface area contributed by atoms with E-state index in [1.165, 1.54) is 0 Å². The Kier molecular flexibility index (Phi) is 3.20. The first-order valence-electron chi connectivity index (χ1n) is 3.93. The van der Waals surface area contributed by atoms with Gasteiger partial charge in [0.05, 0.1) is 12.2 Å². The van der Waals surface area contributed by atoms with Gasteiger partial charge in [0, 0.05) is 11.8 Å². The van der Waals surface area contributed by atoms with E-state index < -0.39 is 24.5 Å². The highest BCUT2D eigenvalue weighted by atomic mass is 19.4. The number of aromatic nitrogens is 1. The predicted octanol–water partition coefficient (Wildman–Crippen LogP) is 0.926. The maximum absolute atomic E-state index is 11.9. The third-order valence-corrected chi connectivity index (χ3v) is 1.65. The van der Waals surface area contributed by atoms with Crippen molar-refractivity contribution in [2.24, 2.45) is 0 Å². The van der Waals surface area contributed by atoms with E-state index in [2.05, 4.69) is 9.72 Å². The van der Waals surface area contributed by atoms with E-state index in [1.54, 1.807) is 6.07 Å². The summed E-state index contributed by atoms with van der Waals surface area (Å²) in [6.45, 7) is -0.549. The molecule has 86 valence electrons. The van der Waals surface area contributed by atoms with Crippen molar-refractivity contribution in [2.75, 3.05) is 5.73 Å². The quantitative estimate of drug-likeness (QED) is 0.792. The van der Waals surface area contributed by atoms with E-state index >= 15 is 0 Å². The van der Waals surface area contributed by atoms with Gasteiger partial charge in [-0.05, 0) is 0 Å². The number of aliphatic hydroxyl groups is 1. The summed E-state index contributed by atoms with van der Waals surface area (Å²) in [5.74, 6) is -0.902. The highest BCUT2D eigenvalue weighted by Crippen LogP contribution is 2.29. The number of aliphatic hydroxyl groups excluding tert-OH is 1. The third-order valence-electron chi connectivity index (χ3n) is 1.65. The molecule has 8 heteroatoms. The minimum absolute atomic E-state index is 0.0366. The van der Waals surface area contributed by atoms with Crippen LogP contribution in [0.25, 0.3) is 0 Å². The Morgan fingerprint density at radius 3 is 2.62 bits per heavy atom. The molecule has 0 spiro atoms. The van der Waals surface area contributed by atoms with Gasteiger partial charge in [0.1, 0.15) is 11.8 Å². The molecule has 0 amide bonds. The molecule has 3 N–H and O–H groups in total. The molecule has 0 aliphatic rings. The molecular weight excluding hydrogens is 227 g/mol. The summed E-state index contributed by atoms with van der Waals surface area (Å²) in [7, 11) is 0. The van der Waals surface area contributed by atoms with Crippen molar-refractivity contribution in [1.82, 2.24) is 4.98 Å². The van der Waals surface area contributed by atoms with Gasteiger partial charge >= 0.3 is 6.36 Å². The molecular formula is C8H6F3N3O2. The number of halogens is 3. The number of anilines is 1. The number of alkyl halides is 3. The fourth-order valence-electron chi connectivity index (χ4n) is 0.993. The predicted molar refractivity (Wildman–Crippen MR) is 46.0 cm³/mol. The third kappa shape index (κ3) is 2.52. The number of nitrogens with two attached hydrogens (primary N) is 1. The molecule has 1 aromatic heterocycles. The summed E-state index contributed by atoms with van der Waals surface area (Å²) >= 11 is 0. The first-order chi connectivity index (χ1) is 7.39. The number of nitrogens with zero attached hydrogens (tertiary/aromatic N) is 2. The van der Waals surface area contributed by atoms with Crippen LogP contribution in [0.15, 0.2) is 6.20 Å². The fraction of sp³-hybridized carbons (Fsp3) is 0.250. The average molecular weight is 233 g/mol. The van der Waals surface area contributed by atoms with Crippen LogP contribution in [0.2, 0.25) is 0 Å². The minimum Gasteiger partial charge on any atom is -0.393 e. The lowest BCUT2D eigenvalue weighted by molar-refractivity contribution is -0.275. The van der Waals surface area contributed by atoms with Crippen molar-refractivity contribution in [3.63, 3.8) is 0 Å². The lowest BCUT2D eigenvalue weighted by atomic mass is 10.1. The second-order valence-corrected chi connectivity index (χ2v) is 2.69. The average Bonchev–Trinajstić information content (AvgIpc) is 2.19. The van der Waals surface area contributed by atoms with Crippen LogP contribution in [0.4, 0.5) is 18.9 Å². The standard InChI is InChI=1S/C8H6F3N3O2/c9-8(10,11)16-7-6(13)5(1-12)4(3-15)2-14-7/h2,15H,3,13H2. The maximum atomic E-state index is 11.9. The zero-order valence-corrected chi connectivity index (χ0v) is 7.75. The van der Waals surface area contributed by atoms with Gasteiger partial charge in [-0.3, -0.25) is 0 Å². The molecule has 0 saturated heterocycles. The van der Waals surface area contributed by atoms with Gasteiger partial charge in [-0.2, -0.15) is 5.26 Å². The van der Waals surface area contributed by atoms with Crippen LogP contribution in [-0.2, 0) is 6.61 Å². The Labute approximate surface area is 87.9 Å². The minimum atomic E-state index is -4.94. The van der Waals surface area contributed by atoms with Crippen LogP contribution in [0.3, 0.4) is 0 Å². The Morgan fingerprint density at radius 1 is 1.56 bits per heavy atom. The zero-order chi connectivity index (χ0) is 12.3. The van der Waals surface area contributed by atoms with Crippen molar-refractivity contribution in [3.8, 4) is 11.9 Å². The first kappa shape index (κ1) is 12.1. The van der Waals surface area contributed by atoms with Crippen LogP contribution in [-0.4, -0.2) is 16.5 Å². The Morgan fingerprint density at radius 2 is 2.19 bits per heavy atom. The lowest BCUT2D eigenvalue weighted by Gasteiger charge is -2.11. The van der Waals surface area contributed by atoms with Gasteiger partial charge in [0.15, 0.2) is 0 Å². The van der Waals surface area contributed by atoms with E-state index in [0.29, 0.717) is 0 Å². The molecule has 0 aliphatic heterocycles. The fourth-order valence-corrected chi connectivity index (χ4v) is 0.993. The lowest BCUT2D eigenvalue weighted by Crippen LogP contribution is -2.19. The molecule has 5 nitrogen and oxygen atoms in total. The van der Waals surface area contributed by atoms with Gasteiger partial charge in [-0.25, -0.2) is 4.98 Å². The van der Waals surface area contributed by atoms with Crippen molar-refractivity contribution >= 4 is 5.69 Å². The highest BCUT2D eigenvalue weighted by molar-refractivity contribution is 5.63. The molecule has 0 aromatic carbocycles. The van der Waals surface area contributed by atoms with E-state index in [4.69, 9.17) is 16.1 Å². The van der Waals surface area contributed by atoms with E-state index in [0.717, 1.165) is 6.20 Å². The summed E-state index contributed by atoms with van der Waals surface area (Å²) in [4.78, 5) is 3.26. The number of hydrogen-bond donors (Lipinski definition) is 2. The van der Waals surface area contributed by atoms with Crippen LogP contribution in [0.1, 0.15) is 11.1 Å². The highest BCUT2D eigenvalue weighted by Gasteiger charge is 2.33. The molecule has 1 heterocycles. The van der Waals surface area contributed by atoms with Crippen molar-refractivity contribution in [2.45, 2.75) is 13.0 Å². The zero-order valence-electron chi connectivity index (χ0n) is 7.75. The molecule has 0 saturated carbocycles. The normalized spacial score (nSPS) is 10.9. The van der Waals surface area contributed by atoms with Crippen LogP contribution in [0.5, 0.6) is 5.88 Å². The molecule has 1 aromatic rings. The number of nitrogen functional groups attached to an aromatic ring is 1.